The number of hydrogen-bond acceptors (Lipinski definition) is 2. The third kappa shape index (κ3) is 1.67. The van der Waals surface area contributed by atoms with Crippen molar-refractivity contribution in [1.29, 1.82) is 0 Å². The van der Waals surface area contributed by atoms with Crippen molar-refractivity contribution in [3.8, 4) is 0 Å². The summed E-state index contributed by atoms with van der Waals surface area (Å²) in [5.74, 6) is -0.145. The van der Waals surface area contributed by atoms with Gasteiger partial charge in [-0.05, 0) is 59.4 Å². The smallest absolute Gasteiger partial charge is 0.123 e. The highest BCUT2D eigenvalue weighted by molar-refractivity contribution is 7.17. The summed E-state index contributed by atoms with van der Waals surface area (Å²) in [7, 11) is 2.03. The van der Waals surface area contributed by atoms with Crippen molar-refractivity contribution in [2.24, 2.45) is 10.8 Å². The summed E-state index contributed by atoms with van der Waals surface area (Å²) in [6.45, 7) is 4.74. The van der Waals surface area contributed by atoms with Gasteiger partial charge in [-0.3, -0.25) is 0 Å². The minimum absolute atomic E-state index is 0.145. The van der Waals surface area contributed by atoms with Crippen LogP contribution >= 0.6 is 11.3 Å². The standard InChI is InChI=1S/C18H20FNS/c1-17-6-7-18(2,10-17)16(20-3)15(17)13-9-21-14-5-4-11(19)8-12(13)14/h4-5,8-9,20H,6-7,10H2,1-3H3. The van der Waals surface area contributed by atoms with Gasteiger partial charge in [-0.1, -0.05) is 13.8 Å². The topological polar surface area (TPSA) is 12.0 Å². The zero-order valence-corrected chi connectivity index (χ0v) is 13.5. The number of rotatable bonds is 2. The molecule has 0 saturated heterocycles. The number of benzene rings is 1. The molecule has 0 spiro atoms. The second-order valence-electron chi connectivity index (χ2n) is 7.09. The van der Waals surface area contributed by atoms with Crippen LogP contribution in [0.3, 0.4) is 0 Å². The van der Waals surface area contributed by atoms with Crippen LogP contribution in [0.1, 0.15) is 38.7 Å². The van der Waals surface area contributed by atoms with E-state index in [0.29, 0.717) is 0 Å². The molecular weight excluding hydrogens is 281 g/mol. The molecule has 3 heteroatoms. The molecule has 2 bridgehead atoms. The van der Waals surface area contributed by atoms with E-state index in [4.69, 9.17) is 0 Å². The van der Waals surface area contributed by atoms with Crippen molar-refractivity contribution in [1.82, 2.24) is 5.32 Å². The first-order chi connectivity index (χ1) is 9.97. The number of nitrogens with one attached hydrogen (secondary N) is 1. The molecule has 2 aliphatic rings. The number of thiophene rings is 1. The molecule has 1 saturated carbocycles. The fourth-order valence-corrected chi connectivity index (χ4v) is 5.63. The molecule has 1 heterocycles. The first-order valence-corrected chi connectivity index (χ1v) is 8.45. The van der Waals surface area contributed by atoms with Gasteiger partial charge in [-0.15, -0.1) is 11.3 Å². The fraction of sp³-hybridized carbons (Fsp3) is 0.444. The van der Waals surface area contributed by atoms with E-state index in [0.717, 1.165) is 5.39 Å². The molecule has 2 atom stereocenters. The van der Waals surface area contributed by atoms with Crippen LogP contribution in [0.25, 0.3) is 15.7 Å². The van der Waals surface area contributed by atoms with Gasteiger partial charge in [0.2, 0.25) is 0 Å². The van der Waals surface area contributed by atoms with Gasteiger partial charge >= 0.3 is 0 Å². The predicted octanol–water partition coefficient (Wildman–Crippen LogP) is 5.18. The SMILES string of the molecule is CNC1=C(c2csc3ccc(F)cc23)C2(C)CCC1(C)C2. The summed E-state index contributed by atoms with van der Waals surface area (Å²) in [6, 6.07) is 5.15. The summed E-state index contributed by atoms with van der Waals surface area (Å²) in [5, 5.41) is 6.75. The number of fused-ring (bicyclic) bond motifs is 3. The Morgan fingerprint density at radius 3 is 2.71 bits per heavy atom. The van der Waals surface area contributed by atoms with E-state index < -0.39 is 0 Å². The number of allylic oxidation sites excluding steroid dienone is 2. The van der Waals surface area contributed by atoms with E-state index in [1.54, 1.807) is 23.5 Å². The van der Waals surface area contributed by atoms with Gasteiger partial charge in [0.25, 0.3) is 0 Å². The molecule has 1 N–H and O–H groups in total. The van der Waals surface area contributed by atoms with Crippen molar-refractivity contribution in [2.75, 3.05) is 7.05 Å². The number of hydrogen-bond donors (Lipinski definition) is 1. The average Bonchev–Trinajstić information content (AvgIpc) is 3.04. The van der Waals surface area contributed by atoms with Crippen molar-refractivity contribution < 1.29 is 4.39 Å². The monoisotopic (exact) mass is 301 g/mol. The summed E-state index contributed by atoms with van der Waals surface area (Å²) >= 11 is 1.72. The van der Waals surface area contributed by atoms with Crippen molar-refractivity contribution in [2.45, 2.75) is 33.1 Å². The van der Waals surface area contributed by atoms with Crippen LogP contribution < -0.4 is 5.32 Å². The van der Waals surface area contributed by atoms with Gasteiger partial charge < -0.3 is 5.32 Å². The van der Waals surface area contributed by atoms with E-state index in [1.807, 2.05) is 13.1 Å². The molecule has 0 aliphatic heterocycles. The molecule has 1 fully saturated rings. The Kier molecular flexibility index (Phi) is 2.60. The highest BCUT2D eigenvalue weighted by Gasteiger charge is 2.54. The molecule has 1 nitrogen and oxygen atoms in total. The van der Waals surface area contributed by atoms with E-state index in [9.17, 15) is 4.39 Å². The molecule has 1 aromatic heterocycles. The van der Waals surface area contributed by atoms with Gasteiger partial charge in [-0.25, -0.2) is 4.39 Å². The normalized spacial score (nSPS) is 31.4. The molecular formula is C18H20FNS. The van der Waals surface area contributed by atoms with Crippen LogP contribution in [0.15, 0.2) is 29.3 Å². The van der Waals surface area contributed by atoms with Crippen molar-refractivity contribution in [3.05, 3.63) is 40.7 Å². The molecule has 2 aliphatic carbocycles. The van der Waals surface area contributed by atoms with Gasteiger partial charge in [0.1, 0.15) is 5.82 Å². The lowest BCUT2D eigenvalue weighted by Crippen LogP contribution is -2.24. The van der Waals surface area contributed by atoms with Crippen molar-refractivity contribution >= 4 is 27.0 Å². The second-order valence-corrected chi connectivity index (χ2v) is 8.00. The molecule has 110 valence electrons. The van der Waals surface area contributed by atoms with Crippen molar-refractivity contribution in [3.63, 3.8) is 0 Å². The Morgan fingerprint density at radius 1 is 1.19 bits per heavy atom. The molecule has 21 heavy (non-hydrogen) atoms. The molecule has 0 amide bonds. The highest BCUT2D eigenvalue weighted by atomic mass is 32.1. The maximum atomic E-state index is 13.7. The maximum Gasteiger partial charge on any atom is 0.123 e. The molecule has 2 unspecified atom stereocenters. The Balaban J connectivity index is 2.01. The summed E-state index contributed by atoms with van der Waals surface area (Å²) in [6.07, 6.45) is 3.69. The summed E-state index contributed by atoms with van der Waals surface area (Å²) in [5.41, 5.74) is 4.54. The molecule has 2 aromatic rings. The maximum absolute atomic E-state index is 13.7. The summed E-state index contributed by atoms with van der Waals surface area (Å²) in [4.78, 5) is 0. The first kappa shape index (κ1) is 13.3. The Morgan fingerprint density at radius 2 is 1.95 bits per heavy atom. The van der Waals surface area contributed by atoms with Gasteiger partial charge in [-0.2, -0.15) is 0 Å². The average molecular weight is 301 g/mol. The minimum atomic E-state index is -0.145. The van der Waals surface area contributed by atoms with Crippen LogP contribution in [0.4, 0.5) is 4.39 Å². The van der Waals surface area contributed by atoms with Crippen LogP contribution in [-0.2, 0) is 0 Å². The first-order valence-electron chi connectivity index (χ1n) is 7.57. The highest BCUT2D eigenvalue weighted by Crippen LogP contribution is 2.66. The summed E-state index contributed by atoms with van der Waals surface area (Å²) < 4.78 is 14.9. The second kappa shape index (κ2) is 4.10. The van der Waals surface area contributed by atoms with Crippen LogP contribution in [0.2, 0.25) is 0 Å². The molecule has 4 rings (SSSR count). The van der Waals surface area contributed by atoms with E-state index in [2.05, 4.69) is 24.5 Å². The number of halogens is 1. The largest absolute Gasteiger partial charge is 0.391 e. The van der Waals surface area contributed by atoms with Gasteiger partial charge in [0.15, 0.2) is 0 Å². The van der Waals surface area contributed by atoms with Crippen LogP contribution in [0, 0.1) is 16.6 Å². The third-order valence-corrected chi connectivity index (χ3v) is 6.48. The van der Waals surface area contributed by atoms with Crippen LogP contribution in [-0.4, -0.2) is 7.05 Å². The molecule has 0 radical (unpaired) electrons. The van der Waals surface area contributed by atoms with E-state index in [1.165, 1.54) is 40.8 Å². The van der Waals surface area contributed by atoms with Crippen LogP contribution in [0.5, 0.6) is 0 Å². The Hall–Kier alpha value is -1.35. The zero-order chi connectivity index (χ0) is 14.8. The quantitative estimate of drug-likeness (QED) is 0.805. The van der Waals surface area contributed by atoms with E-state index in [-0.39, 0.29) is 16.6 Å². The zero-order valence-electron chi connectivity index (χ0n) is 12.7. The predicted molar refractivity (Wildman–Crippen MR) is 87.8 cm³/mol. The lowest BCUT2D eigenvalue weighted by atomic mass is 9.77. The van der Waals surface area contributed by atoms with E-state index >= 15 is 0 Å². The Bertz CT molecular complexity index is 775. The van der Waals surface area contributed by atoms with Gasteiger partial charge in [0.05, 0.1) is 0 Å². The fourth-order valence-electron chi connectivity index (χ4n) is 4.70. The Labute approximate surface area is 128 Å². The lowest BCUT2D eigenvalue weighted by molar-refractivity contribution is 0.388. The third-order valence-electron chi connectivity index (χ3n) is 5.52. The minimum Gasteiger partial charge on any atom is -0.391 e. The lowest BCUT2D eigenvalue weighted by Gasteiger charge is -2.30. The van der Waals surface area contributed by atoms with Gasteiger partial charge in [0, 0.05) is 28.2 Å². The molecule has 1 aromatic carbocycles.